The molecule has 192 valence electrons. The lowest BCUT2D eigenvalue weighted by atomic mass is 9.94. The molecule has 1 aliphatic heterocycles. The topological polar surface area (TPSA) is 85.3 Å². The first kappa shape index (κ1) is 26.4. The number of hydrogen-bond donors (Lipinski definition) is 1. The molecule has 3 aromatic carbocycles. The number of methoxy groups -OCH3 is 2. The van der Waals surface area contributed by atoms with Crippen LogP contribution in [0.4, 0.5) is 5.69 Å². The van der Waals surface area contributed by atoms with Gasteiger partial charge in [-0.15, -0.1) is 0 Å². The predicted molar refractivity (Wildman–Crippen MR) is 143 cm³/mol. The molecule has 37 heavy (non-hydrogen) atoms. The van der Waals surface area contributed by atoms with Gasteiger partial charge in [-0.1, -0.05) is 53.5 Å². The highest BCUT2D eigenvalue weighted by Crippen LogP contribution is 2.48. The summed E-state index contributed by atoms with van der Waals surface area (Å²) in [7, 11) is 2.75. The number of hydrogen-bond acceptors (Lipinski definition) is 6. The van der Waals surface area contributed by atoms with Crippen molar-refractivity contribution in [3.63, 3.8) is 0 Å². The number of carbonyl (C=O) groups is 2. The lowest BCUT2D eigenvalue weighted by Gasteiger charge is -2.26. The van der Waals surface area contributed by atoms with Gasteiger partial charge in [-0.25, -0.2) is 0 Å². The van der Waals surface area contributed by atoms with Gasteiger partial charge in [0.1, 0.15) is 16.5 Å². The number of ketones is 1. The molecule has 0 aromatic heterocycles. The molecule has 1 fully saturated rings. The summed E-state index contributed by atoms with van der Waals surface area (Å²) in [4.78, 5) is 28.2. The maximum atomic E-state index is 13.5. The van der Waals surface area contributed by atoms with Crippen molar-refractivity contribution in [2.24, 2.45) is 0 Å². The zero-order valence-corrected chi connectivity index (χ0v) is 22.1. The fourth-order valence-corrected chi connectivity index (χ4v) is 5.01. The quantitative estimate of drug-likeness (QED) is 0.211. The Kier molecular flexibility index (Phi) is 7.66. The smallest absolute Gasteiger partial charge is 0.300 e. The number of anilines is 1. The van der Waals surface area contributed by atoms with Gasteiger partial charge in [-0.2, -0.15) is 0 Å². The number of nitrogens with zero attached hydrogens (tertiary/aromatic N) is 1. The predicted octanol–water partition coefficient (Wildman–Crippen LogP) is 6.42. The summed E-state index contributed by atoms with van der Waals surface area (Å²) >= 11 is 12.8. The second-order valence-electron chi connectivity index (χ2n) is 8.53. The Morgan fingerprint density at radius 3 is 2.24 bits per heavy atom. The fraction of sp³-hybridized carbons (Fsp3) is 0.214. The minimum atomic E-state index is -0.970. The highest BCUT2D eigenvalue weighted by Gasteiger charge is 2.47. The summed E-state index contributed by atoms with van der Waals surface area (Å²) in [6.07, 6.45) is -0.0939. The van der Waals surface area contributed by atoms with Crippen molar-refractivity contribution in [3.05, 3.63) is 87.4 Å². The van der Waals surface area contributed by atoms with Crippen LogP contribution < -0.4 is 19.1 Å². The number of halogens is 2. The highest BCUT2D eigenvalue weighted by molar-refractivity contribution is 6.52. The number of aliphatic hydroxyl groups is 1. The van der Waals surface area contributed by atoms with Gasteiger partial charge < -0.3 is 19.3 Å². The van der Waals surface area contributed by atoms with E-state index < -0.39 is 23.5 Å². The van der Waals surface area contributed by atoms with Gasteiger partial charge in [0.25, 0.3) is 11.7 Å². The van der Waals surface area contributed by atoms with Crippen molar-refractivity contribution < 1.29 is 28.9 Å². The third-order valence-corrected chi connectivity index (χ3v) is 6.44. The van der Waals surface area contributed by atoms with Crippen LogP contribution in [0.25, 0.3) is 5.76 Å². The number of para-hydroxylation sites is 1. The second-order valence-corrected chi connectivity index (χ2v) is 9.32. The summed E-state index contributed by atoms with van der Waals surface area (Å²) in [6.45, 7) is 3.79. The molecule has 0 aliphatic carbocycles. The Labute approximate surface area is 224 Å². The molecular weight excluding hydrogens is 517 g/mol. The van der Waals surface area contributed by atoms with Crippen LogP contribution >= 0.6 is 23.2 Å². The molecule has 1 aliphatic rings. The standard InChI is InChI=1S/C28H25Cl2NO6/c1-15(2)37-18-12-8-9-16(13-18)23-21(25(33)28(34)31(23)17-10-6-5-7-11-17)24(32)19-14-20(29)27(36-4)22(30)26(19)35-3/h5-15,23,32H,1-4H3/b24-21+. The van der Waals surface area contributed by atoms with E-state index in [-0.39, 0.29) is 38.8 Å². The molecule has 4 rings (SSSR count). The Morgan fingerprint density at radius 2 is 1.62 bits per heavy atom. The van der Waals surface area contributed by atoms with E-state index in [2.05, 4.69) is 0 Å². The molecular formula is C28H25Cl2NO6. The Bertz CT molecular complexity index is 1390. The average molecular weight is 542 g/mol. The first-order valence-corrected chi connectivity index (χ1v) is 12.2. The van der Waals surface area contributed by atoms with Crippen LogP contribution in [0.2, 0.25) is 10.0 Å². The molecule has 1 atom stereocenters. The summed E-state index contributed by atoms with van der Waals surface area (Å²) in [5.74, 6) is -1.40. The molecule has 7 nitrogen and oxygen atoms in total. The average Bonchev–Trinajstić information content (AvgIpc) is 3.14. The summed E-state index contributed by atoms with van der Waals surface area (Å²) < 4.78 is 16.5. The number of carbonyl (C=O) groups excluding carboxylic acids is 2. The normalized spacial score (nSPS) is 16.8. The van der Waals surface area contributed by atoms with E-state index in [0.29, 0.717) is 17.0 Å². The van der Waals surface area contributed by atoms with Gasteiger partial charge in [-0.05, 0) is 49.7 Å². The zero-order chi connectivity index (χ0) is 26.9. The molecule has 0 radical (unpaired) electrons. The maximum Gasteiger partial charge on any atom is 0.300 e. The molecule has 0 spiro atoms. The van der Waals surface area contributed by atoms with Crippen LogP contribution in [0.1, 0.15) is 31.0 Å². The molecule has 0 saturated carbocycles. The van der Waals surface area contributed by atoms with Crippen molar-refractivity contribution in [2.75, 3.05) is 19.1 Å². The van der Waals surface area contributed by atoms with Gasteiger partial charge in [0, 0.05) is 5.69 Å². The van der Waals surface area contributed by atoms with Crippen LogP contribution in [0.3, 0.4) is 0 Å². The first-order valence-electron chi connectivity index (χ1n) is 11.4. The fourth-order valence-electron chi connectivity index (χ4n) is 4.32. The van der Waals surface area contributed by atoms with Crippen molar-refractivity contribution in [3.8, 4) is 17.2 Å². The third-order valence-electron chi connectivity index (χ3n) is 5.82. The van der Waals surface area contributed by atoms with Crippen molar-refractivity contribution in [1.82, 2.24) is 0 Å². The van der Waals surface area contributed by atoms with Crippen molar-refractivity contribution in [2.45, 2.75) is 26.0 Å². The second kappa shape index (κ2) is 10.7. The Morgan fingerprint density at radius 1 is 0.946 bits per heavy atom. The number of ether oxygens (including phenoxy) is 3. The van der Waals surface area contributed by atoms with Crippen LogP contribution in [-0.4, -0.2) is 37.1 Å². The maximum absolute atomic E-state index is 13.5. The van der Waals surface area contributed by atoms with Crippen LogP contribution in [0.5, 0.6) is 17.2 Å². The Hall–Kier alpha value is -3.68. The number of benzene rings is 3. The summed E-state index contributed by atoms with van der Waals surface area (Å²) in [6, 6.07) is 16.2. The molecule has 1 amide bonds. The molecule has 1 heterocycles. The minimum Gasteiger partial charge on any atom is -0.507 e. The number of Topliss-reactive ketones (excluding diaryl/α,β-unsaturated/α-hetero) is 1. The number of aliphatic hydroxyl groups excluding tert-OH is 1. The lowest BCUT2D eigenvalue weighted by molar-refractivity contribution is -0.132. The van der Waals surface area contributed by atoms with E-state index in [1.54, 1.807) is 54.6 Å². The van der Waals surface area contributed by atoms with E-state index in [0.717, 1.165) is 0 Å². The Balaban J connectivity index is 2.00. The van der Waals surface area contributed by atoms with Gasteiger partial charge in [0.05, 0.1) is 42.5 Å². The van der Waals surface area contributed by atoms with Crippen molar-refractivity contribution in [1.29, 1.82) is 0 Å². The summed E-state index contributed by atoms with van der Waals surface area (Å²) in [5, 5.41) is 11.7. The van der Waals surface area contributed by atoms with Crippen LogP contribution in [-0.2, 0) is 9.59 Å². The lowest BCUT2D eigenvalue weighted by Crippen LogP contribution is -2.29. The highest BCUT2D eigenvalue weighted by atomic mass is 35.5. The van der Waals surface area contributed by atoms with E-state index in [1.165, 1.54) is 25.2 Å². The molecule has 1 saturated heterocycles. The number of rotatable bonds is 7. The van der Waals surface area contributed by atoms with Gasteiger partial charge in [-0.3, -0.25) is 14.5 Å². The van der Waals surface area contributed by atoms with Crippen LogP contribution in [0.15, 0.2) is 66.2 Å². The first-order chi connectivity index (χ1) is 17.7. The molecule has 9 heteroatoms. The SMILES string of the molecule is COc1c(Cl)cc(/C(O)=C2\C(=O)C(=O)N(c3ccccc3)C2c2cccc(OC(C)C)c2)c(OC)c1Cl. The van der Waals surface area contributed by atoms with E-state index >= 15 is 0 Å². The van der Waals surface area contributed by atoms with Crippen LogP contribution in [0, 0.1) is 0 Å². The van der Waals surface area contributed by atoms with Gasteiger partial charge in [0.15, 0.2) is 11.5 Å². The molecule has 1 unspecified atom stereocenters. The molecule has 1 N–H and O–H groups in total. The largest absolute Gasteiger partial charge is 0.507 e. The molecule has 3 aromatic rings. The summed E-state index contributed by atoms with van der Waals surface area (Å²) in [5.41, 5.74) is 0.948. The van der Waals surface area contributed by atoms with Crippen molar-refractivity contribution >= 4 is 46.3 Å². The van der Waals surface area contributed by atoms with E-state index in [1.807, 2.05) is 13.8 Å². The van der Waals surface area contributed by atoms with Gasteiger partial charge in [0.2, 0.25) is 0 Å². The van der Waals surface area contributed by atoms with Gasteiger partial charge >= 0.3 is 0 Å². The monoisotopic (exact) mass is 541 g/mol. The van der Waals surface area contributed by atoms with E-state index in [4.69, 9.17) is 37.4 Å². The molecule has 0 bridgehead atoms. The zero-order valence-electron chi connectivity index (χ0n) is 20.6. The third kappa shape index (κ3) is 4.84. The number of amides is 1. The minimum absolute atomic E-state index is 0.0141. The van der Waals surface area contributed by atoms with E-state index in [9.17, 15) is 14.7 Å².